The summed E-state index contributed by atoms with van der Waals surface area (Å²) in [6, 6.07) is 9.95. The number of sulfonamides is 1. The zero-order valence-corrected chi connectivity index (χ0v) is 21.7. The Labute approximate surface area is 211 Å². The highest BCUT2D eigenvalue weighted by Gasteiger charge is 2.24. The number of pyridine rings is 1. The number of carbonyl (C=O) groups is 1. The van der Waals surface area contributed by atoms with Crippen LogP contribution in [0, 0.1) is 13.8 Å². The standard InChI is InChI=1S/C26H32N4O5S/c1-18-5-6-19(2)24(15-18)29(3)36(33,34)20-7-8-23-21(16-20)25(31)22(17-28-23)26(32)27-9-4-10-30-11-13-35-14-12-30/h5-8,15-17H,4,9-14H2,1-3H3,(H,27,32)(H,28,31)/p+1. The summed E-state index contributed by atoms with van der Waals surface area (Å²) in [6.45, 7) is 8.56. The van der Waals surface area contributed by atoms with Crippen molar-refractivity contribution in [3.05, 3.63) is 69.5 Å². The van der Waals surface area contributed by atoms with Crippen LogP contribution < -0.4 is 20.0 Å². The molecule has 2 aromatic carbocycles. The minimum Gasteiger partial charge on any atom is -0.370 e. The number of hydrogen-bond donors (Lipinski definition) is 3. The molecule has 36 heavy (non-hydrogen) atoms. The van der Waals surface area contributed by atoms with Gasteiger partial charge in [0.05, 0.1) is 30.3 Å². The van der Waals surface area contributed by atoms with Crippen LogP contribution in [-0.2, 0) is 14.8 Å². The lowest BCUT2D eigenvalue weighted by molar-refractivity contribution is -0.908. The predicted molar refractivity (Wildman–Crippen MR) is 139 cm³/mol. The molecule has 10 heteroatoms. The van der Waals surface area contributed by atoms with Crippen molar-refractivity contribution in [1.29, 1.82) is 0 Å². The van der Waals surface area contributed by atoms with Crippen LogP contribution in [0.4, 0.5) is 5.69 Å². The highest BCUT2D eigenvalue weighted by molar-refractivity contribution is 7.92. The summed E-state index contributed by atoms with van der Waals surface area (Å²) < 4.78 is 33.4. The van der Waals surface area contributed by atoms with Crippen LogP contribution in [-0.4, -0.2) is 65.7 Å². The average Bonchev–Trinajstić information content (AvgIpc) is 2.88. The summed E-state index contributed by atoms with van der Waals surface area (Å²) in [5.41, 5.74) is 2.23. The van der Waals surface area contributed by atoms with E-state index >= 15 is 0 Å². The molecule has 0 bridgehead atoms. The quantitative estimate of drug-likeness (QED) is 0.389. The molecule has 9 nitrogen and oxygen atoms in total. The van der Waals surface area contributed by atoms with Crippen molar-refractivity contribution in [2.24, 2.45) is 0 Å². The molecule has 0 atom stereocenters. The van der Waals surface area contributed by atoms with Gasteiger partial charge in [-0.3, -0.25) is 13.9 Å². The van der Waals surface area contributed by atoms with Gasteiger partial charge in [0, 0.05) is 37.1 Å². The molecule has 0 saturated carbocycles. The van der Waals surface area contributed by atoms with E-state index in [0.717, 1.165) is 50.4 Å². The monoisotopic (exact) mass is 513 g/mol. The van der Waals surface area contributed by atoms with Gasteiger partial charge in [0.25, 0.3) is 15.9 Å². The first-order valence-corrected chi connectivity index (χ1v) is 13.5. The normalized spacial score (nSPS) is 14.6. The smallest absolute Gasteiger partial charge is 0.264 e. The van der Waals surface area contributed by atoms with Crippen molar-refractivity contribution < 1.29 is 22.8 Å². The number of fused-ring (bicyclic) bond motifs is 1. The van der Waals surface area contributed by atoms with E-state index in [-0.39, 0.29) is 15.8 Å². The number of rotatable bonds is 8. The highest BCUT2D eigenvalue weighted by atomic mass is 32.2. The molecule has 1 aliphatic rings. The number of H-pyrrole nitrogens is 1. The van der Waals surface area contributed by atoms with Gasteiger partial charge in [-0.2, -0.15) is 0 Å². The first kappa shape index (κ1) is 25.9. The molecule has 1 amide bonds. The molecule has 4 rings (SSSR count). The summed E-state index contributed by atoms with van der Waals surface area (Å²) >= 11 is 0. The second-order valence-electron chi connectivity index (χ2n) is 9.22. The minimum atomic E-state index is -3.93. The Morgan fingerprint density at radius 3 is 2.64 bits per heavy atom. The number of anilines is 1. The van der Waals surface area contributed by atoms with E-state index in [1.54, 1.807) is 6.07 Å². The zero-order chi connectivity index (χ0) is 25.9. The molecule has 0 radical (unpaired) electrons. The van der Waals surface area contributed by atoms with E-state index in [1.165, 1.54) is 34.6 Å². The second-order valence-corrected chi connectivity index (χ2v) is 11.2. The third-order valence-electron chi connectivity index (χ3n) is 6.65. The molecular weight excluding hydrogens is 480 g/mol. The van der Waals surface area contributed by atoms with Crippen molar-refractivity contribution in [3.63, 3.8) is 0 Å². The van der Waals surface area contributed by atoms with Gasteiger partial charge in [0.1, 0.15) is 18.7 Å². The lowest BCUT2D eigenvalue weighted by atomic mass is 10.1. The number of nitrogens with one attached hydrogen (secondary N) is 3. The van der Waals surface area contributed by atoms with Crippen LogP contribution in [0.25, 0.3) is 10.9 Å². The Morgan fingerprint density at radius 1 is 1.14 bits per heavy atom. The summed E-state index contributed by atoms with van der Waals surface area (Å²) in [7, 11) is -2.44. The SMILES string of the molecule is Cc1ccc(C)c(N(C)S(=O)(=O)c2ccc3[nH]cc(C(=O)NCCC[NH+]4CCOCC4)c(=O)c3c2)c1. The van der Waals surface area contributed by atoms with E-state index < -0.39 is 21.4 Å². The third kappa shape index (κ3) is 5.45. The largest absolute Gasteiger partial charge is 0.370 e. The summed E-state index contributed by atoms with van der Waals surface area (Å²) in [5, 5.41) is 2.96. The fourth-order valence-electron chi connectivity index (χ4n) is 4.42. The lowest BCUT2D eigenvalue weighted by Crippen LogP contribution is -3.14. The maximum absolute atomic E-state index is 13.4. The molecule has 1 aromatic heterocycles. The topological polar surface area (TPSA) is 113 Å². The maximum atomic E-state index is 13.4. The number of ether oxygens (including phenoxy) is 1. The summed E-state index contributed by atoms with van der Waals surface area (Å²) in [4.78, 5) is 30.3. The van der Waals surface area contributed by atoms with Crippen molar-refractivity contribution in [3.8, 4) is 0 Å². The van der Waals surface area contributed by atoms with Gasteiger partial charge in [-0.1, -0.05) is 12.1 Å². The zero-order valence-electron chi connectivity index (χ0n) is 20.9. The van der Waals surface area contributed by atoms with Gasteiger partial charge >= 0.3 is 0 Å². The van der Waals surface area contributed by atoms with E-state index in [4.69, 9.17) is 4.74 Å². The van der Waals surface area contributed by atoms with E-state index in [9.17, 15) is 18.0 Å². The van der Waals surface area contributed by atoms with Crippen LogP contribution in [0.2, 0.25) is 0 Å². The second kappa shape index (κ2) is 10.8. The Kier molecular flexibility index (Phi) is 7.77. The van der Waals surface area contributed by atoms with Crippen molar-refractivity contribution >= 4 is 32.5 Å². The van der Waals surface area contributed by atoms with Gasteiger partial charge in [0.2, 0.25) is 5.43 Å². The fourth-order valence-corrected chi connectivity index (χ4v) is 5.70. The molecule has 1 saturated heterocycles. The molecular formula is C26H33N4O5S+. The number of aryl methyl sites for hydroxylation is 2. The molecule has 192 valence electrons. The number of quaternary nitrogens is 1. The van der Waals surface area contributed by atoms with Crippen molar-refractivity contribution in [1.82, 2.24) is 10.3 Å². The van der Waals surface area contributed by atoms with Gasteiger partial charge in [-0.05, 0) is 49.2 Å². The number of aromatic nitrogens is 1. The maximum Gasteiger partial charge on any atom is 0.264 e. The number of morpholine rings is 1. The first-order valence-electron chi connectivity index (χ1n) is 12.1. The summed E-state index contributed by atoms with van der Waals surface area (Å²) in [6.07, 6.45) is 2.17. The Morgan fingerprint density at radius 2 is 1.89 bits per heavy atom. The average molecular weight is 514 g/mol. The van der Waals surface area contributed by atoms with E-state index in [2.05, 4.69) is 10.3 Å². The van der Waals surface area contributed by atoms with Crippen LogP contribution in [0.15, 0.2) is 52.3 Å². The summed E-state index contributed by atoms with van der Waals surface area (Å²) in [5.74, 6) is -0.476. The van der Waals surface area contributed by atoms with Crippen molar-refractivity contribution in [2.75, 3.05) is 50.7 Å². The fraction of sp³-hybridized carbons (Fsp3) is 0.385. The van der Waals surface area contributed by atoms with Crippen molar-refractivity contribution in [2.45, 2.75) is 25.2 Å². The third-order valence-corrected chi connectivity index (χ3v) is 8.42. The van der Waals surface area contributed by atoms with E-state index in [0.29, 0.717) is 17.7 Å². The van der Waals surface area contributed by atoms with Crippen LogP contribution in [0.1, 0.15) is 27.9 Å². The Bertz CT molecular complexity index is 1430. The molecule has 0 unspecified atom stereocenters. The van der Waals surface area contributed by atoms with Gasteiger partial charge in [0.15, 0.2) is 0 Å². The molecule has 2 heterocycles. The number of amides is 1. The Balaban J connectivity index is 1.54. The molecule has 1 aliphatic heterocycles. The number of nitrogens with zero attached hydrogens (tertiary/aromatic N) is 1. The molecule has 3 aromatic rings. The van der Waals surface area contributed by atoms with Crippen LogP contribution >= 0.6 is 0 Å². The number of carbonyl (C=O) groups excluding carboxylic acids is 1. The number of benzene rings is 2. The number of aromatic amines is 1. The Hall–Kier alpha value is -3.21. The van der Waals surface area contributed by atoms with Gasteiger partial charge in [-0.25, -0.2) is 8.42 Å². The van der Waals surface area contributed by atoms with Crippen LogP contribution in [0.5, 0.6) is 0 Å². The first-order chi connectivity index (χ1) is 17.2. The molecule has 0 spiro atoms. The molecule has 1 fully saturated rings. The highest BCUT2D eigenvalue weighted by Crippen LogP contribution is 2.27. The molecule has 3 N–H and O–H groups in total. The van der Waals surface area contributed by atoms with Crippen LogP contribution in [0.3, 0.4) is 0 Å². The predicted octanol–water partition coefficient (Wildman–Crippen LogP) is 1.01. The lowest BCUT2D eigenvalue weighted by Gasteiger charge is -2.23. The molecule has 0 aliphatic carbocycles. The minimum absolute atomic E-state index is 0.0186. The van der Waals surface area contributed by atoms with Gasteiger partial charge in [-0.15, -0.1) is 0 Å². The van der Waals surface area contributed by atoms with Gasteiger partial charge < -0.3 is 19.9 Å². The number of hydrogen-bond acceptors (Lipinski definition) is 5. The van der Waals surface area contributed by atoms with E-state index in [1.807, 2.05) is 32.0 Å².